The van der Waals surface area contributed by atoms with Gasteiger partial charge in [0.1, 0.15) is 0 Å². The smallest absolute Gasteiger partial charge is 0.247 e. The fourth-order valence-electron chi connectivity index (χ4n) is 1.65. The van der Waals surface area contributed by atoms with E-state index < -0.39 is 0 Å². The van der Waals surface area contributed by atoms with Crippen LogP contribution >= 0.6 is 12.4 Å². The second-order valence-corrected chi connectivity index (χ2v) is 3.21. The molecule has 0 spiro atoms. The summed E-state index contributed by atoms with van der Waals surface area (Å²) in [5.74, 6) is -0.267. The zero-order chi connectivity index (χ0) is 8.97. The molecule has 0 aliphatic carbocycles. The van der Waals surface area contributed by atoms with Crippen LogP contribution in [0.15, 0.2) is 0 Å². The fourth-order valence-corrected chi connectivity index (χ4v) is 1.65. The number of nitrogens with one attached hydrogen (secondary N) is 1. The maximum atomic E-state index is 11.0. The predicted molar refractivity (Wildman–Crippen MR) is 52.0 cm³/mol. The van der Waals surface area contributed by atoms with Gasteiger partial charge in [0.05, 0.1) is 5.92 Å². The number of hydrogen-bond acceptors (Lipinski definition) is 3. The summed E-state index contributed by atoms with van der Waals surface area (Å²) >= 11 is 0. The van der Waals surface area contributed by atoms with E-state index in [0.29, 0.717) is 0 Å². The first-order valence-corrected chi connectivity index (χ1v) is 4.44. The van der Waals surface area contributed by atoms with Gasteiger partial charge in [-0.3, -0.25) is 10.0 Å². The van der Waals surface area contributed by atoms with E-state index in [1.807, 2.05) is 0 Å². The lowest BCUT2D eigenvalue weighted by Gasteiger charge is -2.30. The van der Waals surface area contributed by atoms with Gasteiger partial charge < -0.3 is 4.90 Å². The molecule has 0 radical (unpaired) electrons. The zero-order valence-corrected chi connectivity index (χ0v) is 8.64. The van der Waals surface area contributed by atoms with Crippen molar-refractivity contribution in [1.29, 1.82) is 0 Å². The molecule has 1 saturated heterocycles. The third-order valence-corrected chi connectivity index (χ3v) is 2.43. The van der Waals surface area contributed by atoms with E-state index in [1.54, 1.807) is 5.48 Å². The Bertz CT molecular complexity index is 166. The van der Waals surface area contributed by atoms with Crippen LogP contribution < -0.4 is 5.48 Å². The van der Waals surface area contributed by atoms with E-state index in [-0.39, 0.29) is 24.2 Å². The van der Waals surface area contributed by atoms with Crippen LogP contribution in [0.2, 0.25) is 0 Å². The van der Waals surface area contributed by atoms with Gasteiger partial charge in [-0.05, 0) is 25.9 Å². The van der Waals surface area contributed by atoms with Crippen molar-refractivity contribution < 1.29 is 10.0 Å². The fraction of sp³-hybridized carbons (Fsp3) is 0.875. The molecule has 0 aromatic rings. The summed E-state index contributed by atoms with van der Waals surface area (Å²) in [6.07, 6.45) is 1.94. The van der Waals surface area contributed by atoms with Crippen LogP contribution in [0.3, 0.4) is 0 Å². The molecule has 1 heterocycles. The SMILES string of the molecule is CCN1CCCC(C(=O)NO)C1.Cl. The second-order valence-electron chi connectivity index (χ2n) is 3.21. The summed E-state index contributed by atoms with van der Waals surface area (Å²) in [7, 11) is 0. The highest BCUT2D eigenvalue weighted by Gasteiger charge is 2.24. The molecule has 5 heteroatoms. The van der Waals surface area contributed by atoms with Crippen molar-refractivity contribution in [2.75, 3.05) is 19.6 Å². The normalized spacial score (nSPS) is 23.4. The molecule has 0 bridgehead atoms. The average molecular weight is 209 g/mol. The highest BCUT2D eigenvalue weighted by atomic mass is 35.5. The molecule has 1 aliphatic rings. The molecule has 78 valence electrons. The van der Waals surface area contributed by atoms with Crippen molar-refractivity contribution in [2.24, 2.45) is 5.92 Å². The summed E-state index contributed by atoms with van der Waals surface area (Å²) in [5.41, 5.74) is 1.71. The highest BCUT2D eigenvalue weighted by Crippen LogP contribution is 2.15. The molecule has 0 saturated carbocycles. The number of rotatable bonds is 2. The summed E-state index contributed by atoms with van der Waals surface area (Å²) in [4.78, 5) is 13.3. The standard InChI is InChI=1S/C8H16N2O2.ClH/c1-2-10-5-3-4-7(6-10)8(11)9-12;/h7,12H,2-6H2,1H3,(H,9,11);1H. The lowest BCUT2D eigenvalue weighted by Crippen LogP contribution is -2.42. The first-order chi connectivity index (χ1) is 5.77. The monoisotopic (exact) mass is 208 g/mol. The number of hydroxylamine groups is 1. The van der Waals surface area contributed by atoms with Crippen LogP contribution in [0.4, 0.5) is 0 Å². The Kier molecular flexibility index (Phi) is 6.03. The topological polar surface area (TPSA) is 52.6 Å². The molecular formula is C8H17ClN2O2. The maximum Gasteiger partial charge on any atom is 0.247 e. The molecular weight excluding hydrogens is 192 g/mol. The van der Waals surface area contributed by atoms with E-state index in [4.69, 9.17) is 5.21 Å². The highest BCUT2D eigenvalue weighted by molar-refractivity contribution is 5.85. The van der Waals surface area contributed by atoms with Crippen LogP contribution in [-0.2, 0) is 4.79 Å². The quantitative estimate of drug-likeness (QED) is 0.518. The molecule has 13 heavy (non-hydrogen) atoms. The molecule has 1 fully saturated rings. The number of likely N-dealkylation sites (tertiary alicyclic amines) is 1. The number of nitrogens with zero attached hydrogens (tertiary/aromatic N) is 1. The van der Waals surface area contributed by atoms with Gasteiger partial charge >= 0.3 is 0 Å². The minimum absolute atomic E-state index is 0. The number of amides is 1. The van der Waals surface area contributed by atoms with Crippen molar-refractivity contribution in [3.63, 3.8) is 0 Å². The molecule has 1 rings (SSSR count). The van der Waals surface area contributed by atoms with Gasteiger partial charge in [-0.1, -0.05) is 6.92 Å². The Labute approximate surface area is 84.7 Å². The lowest BCUT2D eigenvalue weighted by atomic mass is 9.97. The average Bonchev–Trinajstić information content (AvgIpc) is 2.17. The number of hydrogen-bond donors (Lipinski definition) is 2. The lowest BCUT2D eigenvalue weighted by molar-refractivity contribution is -0.135. The number of piperidine rings is 1. The van der Waals surface area contributed by atoms with E-state index in [2.05, 4.69) is 11.8 Å². The Hall–Kier alpha value is -0.320. The zero-order valence-electron chi connectivity index (χ0n) is 7.82. The minimum Gasteiger partial charge on any atom is -0.303 e. The van der Waals surface area contributed by atoms with E-state index in [0.717, 1.165) is 32.5 Å². The Balaban J connectivity index is 0.00000144. The van der Waals surface area contributed by atoms with Gasteiger partial charge in [-0.25, -0.2) is 5.48 Å². The van der Waals surface area contributed by atoms with E-state index in [9.17, 15) is 4.79 Å². The summed E-state index contributed by atoms with van der Waals surface area (Å²) in [6.45, 7) is 4.92. The maximum absolute atomic E-state index is 11.0. The van der Waals surface area contributed by atoms with Gasteiger partial charge in [0.25, 0.3) is 0 Å². The van der Waals surface area contributed by atoms with Crippen LogP contribution in [0.5, 0.6) is 0 Å². The van der Waals surface area contributed by atoms with Crippen LogP contribution in [0.1, 0.15) is 19.8 Å². The Morgan fingerprint density at radius 2 is 2.38 bits per heavy atom. The van der Waals surface area contributed by atoms with Crippen molar-refractivity contribution >= 4 is 18.3 Å². The summed E-state index contributed by atoms with van der Waals surface area (Å²) in [5, 5.41) is 8.43. The van der Waals surface area contributed by atoms with E-state index in [1.165, 1.54) is 0 Å². The number of carbonyl (C=O) groups is 1. The van der Waals surface area contributed by atoms with Gasteiger partial charge in [0.15, 0.2) is 0 Å². The van der Waals surface area contributed by atoms with Gasteiger partial charge in [0.2, 0.25) is 5.91 Å². The van der Waals surface area contributed by atoms with Crippen molar-refractivity contribution in [3.05, 3.63) is 0 Å². The van der Waals surface area contributed by atoms with Crippen LogP contribution in [0, 0.1) is 5.92 Å². The Morgan fingerprint density at radius 1 is 1.69 bits per heavy atom. The molecule has 4 nitrogen and oxygen atoms in total. The third-order valence-electron chi connectivity index (χ3n) is 2.43. The molecule has 2 N–H and O–H groups in total. The van der Waals surface area contributed by atoms with Gasteiger partial charge in [-0.15, -0.1) is 12.4 Å². The largest absolute Gasteiger partial charge is 0.303 e. The number of halogens is 1. The van der Waals surface area contributed by atoms with Crippen molar-refractivity contribution in [2.45, 2.75) is 19.8 Å². The second kappa shape index (κ2) is 6.18. The minimum atomic E-state index is -0.242. The Morgan fingerprint density at radius 3 is 2.92 bits per heavy atom. The van der Waals surface area contributed by atoms with E-state index >= 15 is 0 Å². The molecule has 1 unspecified atom stereocenters. The number of carbonyl (C=O) groups excluding carboxylic acids is 1. The van der Waals surface area contributed by atoms with Crippen molar-refractivity contribution in [3.8, 4) is 0 Å². The molecule has 1 aliphatic heterocycles. The first-order valence-electron chi connectivity index (χ1n) is 4.44. The molecule has 1 atom stereocenters. The molecule has 0 aromatic heterocycles. The van der Waals surface area contributed by atoms with Gasteiger partial charge in [-0.2, -0.15) is 0 Å². The molecule has 1 amide bonds. The van der Waals surface area contributed by atoms with Crippen molar-refractivity contribution in [1.82, 2.24) is 10.4 Å². The van der Waals surface area contributed by atoms with Gasteiger partial charge in [0, 0.05) is 6.54 Å². The third kappa shape index (κ3) is 3.50. The summed E-state index contributed by atoms with van der Waals surface area (Å²) in [6, 6.07) is 0. The predicted octanol–water partition coefficient (Wildman–Crippen LogP) is 0.646. The molecule has 0 aromatic carbocycles. The first kappa shape index (κ1) is 12.7. The van der Waals surface area contributed by atoms with Crippen LogP contribution in [0.25, 0.3) is 0 Å². The summed E-state index contributed by atoms with van der Waals surface area (Å²) < 4.78 is 0. The van der Waals surface area contributed by atoms with Crippen LogP contribution in [-0.4, -0.2) is 35.6 Å².